The summed E-state index contributed by atoms with van der Waals surface area (Å²) >= 11 is 6.04. The van der Waals surface area contributed by atoms with Gasteiger partial charge in [-0.2, -0.15) is 0 Å². The lowest BCUT2D eigenvalue weighted by molar-refractivity contribution is -0.114. The molecule has 0 unspecified atom stereocenters. The smallest absolute Gasteiger partial charge is 0.264 e. The number of anilines is 2. The molecule has 0 aromatic heterocycles. The second kappa shape index (κ2) is 6.37. The molecule has 2 aromatic carbocycles. The molecule has 2 aromatic rings. The maximum Gasteiger partial charge on any atom is 0.264 e. The van der Waals surface area contributed by atoms with Crippen molar-refractivity contribution in [2.24, 2.45) is 0 Å². The second-order valence-corrected chi connectivity index (χ2v) is 7.01. The zero-order chi connectivity index (χ0) is 16.3. The van der Waals surface area contributed by atoms with Crippen LogP contribution in [0.2, 0.25) is 5.02 Å². The van der Waals surface area contributed by atoms with Crippen LogP contribution in [-0.2, 0) is 14.8 Å². The summed E-state index contributed by atoms with van der Waals surface area (Å²) in [7, 11) is -2.28. The number of hydrogen-bond acceptors (Lipinski definition) is 3. The highest BCUT2D eigenvalue weighted by molar-refractivity contribution is 7.92. The van der Waals surface area contributed by atoms with Crippen molar-refractivity contribution >= 4 is 38.9 Å². The van der Waals surface area contributed by atoms with Gasteiger partial charge < -0.3 is 5.32 Å². The molecule has 0 spiro atoms. The van der Waals surface area contributed by atoms with E-state index in [2.05, 4.69) is 5.32 Å². The van der Waals surface area contributed by atoms with Crippen LogP contribution in [0.4, 0.5) is 11.4 Å². The first kappa shape index (κ1) is 16.3. The van der Waals surface area contributed by atoms with Crippen molar-refractivity contribution < 1.29 is 13.2 Å². The summed E-state index contributed by atoms with van der Waals surface area (Å²) in [6.07, 6.45) is 0. The van der Waals surface area contributed by atoms with Gasteiger partial charge in [-0.1, -0.05) is 23.7 Å². The number of nitrogens with one attached hydrogen (secondary N) is 1. The van der Waals surface area contributed by atoms with E-state index in [1.807, 2.05) is 0 Å². The Morgan fingerprint density at radius 3 is 2.23 bits per heavy atom. The number of sulfonamides is 1. The lowest BCUT2D eigenvalue weighted by Gasteiger charge is -2.20. The van der Waals surface area contributed by atoms with Crippen LogP contribution >= 0.6 is 11.6 Å². The SMILES string of the molecule is CC(=O)Nc1ccc(S(=O)(=O)N(C)c2ccccc2Cl)cc1. The van der Waals surface area contributed by atoms with E-state index in [4.69, 9.17) is 11.6 Å². The predicted octanol–water partition coefficient (Wildman–Crippen LogP) is 3.12. The van der Waals surface area contributed by atoms with Crippen LogP contribution in [0.15, 0.2) is 53.4 Å². The fourth-order valence-corrected chi connectivity index (χ4v) is 3.44. The summed E-state index contributed by atoms with van der Waals surface area (Å²) in [5.74, 6) is -0.219. The maximum atomic E-state index is 12.6. The Hall–Kier alpha value is -2.05. The molecule has 0 aliphatic rings. The van der Waals surface area contributed by atoms with E-state index in [0.29, 0.717) is 16.4 Å². The van der Waals surface area contributed by atoms with E-state index >= 15 is 0 Å². The van der Waals surface area contributed by atoms with Crippen LogP contribution in [-0.4, -0.2) is 21.4 Å². The Morgan fingerprint density at radius 1 is 1.09 bits per heavy atom. The second-order valence-electron chi connectivity index (χ2n) is 4.63. The van der Waals surface area contributed by atoms with Crippen molar-refractivity contribution in [2.45, 2.75) is 11.8 Å². The van der Waals surface area contributed by atoms with Crippen molar-refractivity contribution in [1.82, 2.24) is 0 Å². The minimum Gasteiger partial charge on any atom is -0.326 e. The maximum absolute atomic E-state index is 12.6. The minimum atomic E-state index is -3.72. The number of hydrogen-bond donors (Lipinski definition) is 1. The van der Waals surface area contributed by atoms with Gasteiger partial charge in [0.25, 0.3) is 10.0 Å². The summed E-state index contributed by atoms with van der Waals surface area (Å²) in [4.78, 5) is 11.1. The average molecular weight is 339 g/mol. The molecule has 0 saturated heterocycles. The molecule has 5 nitrogen and oxygen atoms in total. The molecule has 116 valence electrons. The van der Waals surface area contributed by atoms with Gasteiger partial charge in [0.15, 0.2) is 0 Å². The molecule has 1 N–H and O–H groups in total. The number of nitrogens with zero attached hydrogens (tertiary/aromatic N) is 1. The lowest BCUT2D eigenvalue weighted by atomic mass is 10.3. The fraction of sp³-hybridized carbons (Fsp3) is 0.133. The van der Waals surface area contributed by atoms with Gasteiger partial charge in [-0.05, 0) is 36.4 Å². The molecule has 0 atom stereocenters. The molecule has 7 heteroatoms. The predicted molar refractivity (Wildman–Crippen MR) is 87.8 cm³/mol. The molecule has 0 radical (unpaired) electrons. The molecule has 0 bridgehead atoms. The standard InChI is InChI=1S/C15H15ClN2O3S/c1-11(19)17-12-7-9-13(10-8-12)22(20,21)18(2)15-6-4-3-5-14(15)16/h3-10H,1-2H3,(H,17,19). The van der Waals surface area contributed by atoms with Crippen molar-refractivity contribution in [1.29, 1.82) is 0 Å². The van der Waals surface area contributed by atoms with Crippen molar-refractivity contribution in [3.8, 4) is 0 Å². The highest BCUT2D eigenvalue weighted by atomic mass is 35.5. The number of amides is 1. The molecule has 1 amide bonds. The van der Waals surface area contributed by atoms with Gasteiger partial charge in [0, 0.05) is 19.7 Å². The first-order valence-electron chi connectivity index (χ1n) is 6.43. The molecular weight excluding hydrogens is 324 g/mol. The Kier molecular flexibility index (Phi) is 4.73. The van der Waals surface area contributed by atoms with E-state index in [1.54, 1.807) is 24.3 Å². The molecule has 22 heavy (non-hydrogen) atoms. The topological polar surface area (TPSA) is 66.5 Å². The van der Waals surface area contributed by atoms with Gasteiger partial charge in [-0.3, -0.25) is 9.10 Å². The van der Waals surface area contributed by atoms with Crippen LogP contribution in [0.3, 0.4) is 0 Å². The quantitative estimate of drug-likeness (QED) is 0.931. The van der Waals surface area contributed by atoms with Crippen LogP contribution in [0.1, 0.15) is 6.92 Å². The molecule has 0 saturated carbocycles. The van der Waals surface area contributed by atoms with Crippen LogP contribution < -0.4 is 9.62 Å². The van der Waals surface area contributed by atoms with Crippen molar-refractivity contribution in [3.05, 3.63) is 53.6 Å². The number of halogens is 1. The number of carbonyl (C=O) groups is 1. The average Bonchev–Trinajstić information content (AvgIpc) is 2.47. The zero-order valence-electron chi connectivity index (χ0n) is 12.1. The summed E-state index contributed by atoms with van der Waals surface area (Å²) in [5, 5.41) is 2.94. The summed E-state index contributed by atoms with van der Waals surface area (Å²) in [6, 6.07) is 12.7. The monoisotopic (exact) mass is 338 g/mol. The summed E-state index contributed by atoms with van der Waals surface area (Å²) < 4.78 is 26.3. The van der Waals surface area contributed by atoms with Gasteiger partial charge in [-0.25, -0.2) is 8.42 Å². The summed E-state index contributed by atoms with van der Waals surface area (Å²) in [6.45, 7) is 1.38. The normalized spacial score (nSPS) is 11.0. The Labute approximate surface area is 134 Å². The molecular formula is C15H15ClN2O3S. The zero-order valence-corrected chi connectivity index (χ0v) is 13.6. The third kappa shape index (κ3) is 3.40. The molecule has 0 aliphatic heterocycles. The van der Waals surface area contributed by atoms with E-state index < -0.39 is 10.0 Å². The third-order valence-electron chi connectivity index (χ3n) is 3.02. The van der Waals surface area contributed by atoms with Gasteiger partial charge in [0.2, 0.25) is 5.91 Å². The van der Waals surface area contributed by atoms with Crippen LogP contribution in [0.25, 0.3) is 0 Å². The first-order valence-corrected chi connectivity index (χ1v) is 8.25. The van der Waals surface area contributed by atoms with Gasteiger partial charge in [0.05, 0.1) is 15.6 Å². The van der Waals surface area contributed by atoms with Gasteiger partial charge >= 0.3 is 0 Å². The highest BCUT2D eigenvalue weighted by Gasteiger charge is 2.22. The van der Waals surface area contributed by atoms with E-state index in [0.717, 1.165) is 4.31 Å². The highest BCUT2D eigenvalue weighted by Crippen LogP contribution is 2.29. The molecule has 0 aliphatic carbocycles. The fourth-order valence-electron chi connectivity index (χ4n) is 1.91. The molecule has 2 rings (SSSR count). The minimum absolute atomic E-state index is 0.115. The van der Waals surface area contributed by atoms with Gasteiger partial charge in [-0.15, -0.1) is 0 Å². The molecule has 0 heterocycles. The van der Waals surface area contributed by atoms with Crippen LogP contribution in [0, 0.1) is 0 Å². The Bertz CT molecular complexity index is 789. The number of benzene rings is 2. The van der Waals surface area contributed by atoms with Crippen molar-refractivity contribution in [2.75, 3.05) is 16.7 Å². The van der Waals surface area contributed by atoms with E-state index in [-0.39, 0.29) is 10.8 Å². The summed E-state index contributed by atoms with van der Waals surface area (Å²) in [5.41, 5.74) is 0.932. The first-order chi connectivity index (χ1) is 10.3. The Morgan fingerprint density at radius 2 is 1.68 bits per heavy atom. The van der Waals surface area contributed by atoms with Crippen molar-refractivity contribution in [3.63, 3.8) is 0 Å². The number of rotatable bonds is 4. The van der Waals surface area contributed by atoms with E-state index in [1.165, 1.54) is 38.2 Å². The number of carbonyl (C=O) groups excluding carboxylic acids is 1. The van der Waals surface area contributed by atoms with Crippen LogP contribution in [0.5, 0.6) is 0 Å². The van der Waals surface area contributed by atoms with E-state index in [9.17, 15) is 13.2 Å². The lowest BCUT2D eigenvalue weighted by Crippen LogP contribution is -2.26. The largest absolute Gasteiger partial charge is 0.326 e. The third-order valence-corrected chi connectivity index (χ3v) is 5.13. The van der Waals surface area contributed by atoms with Gasteiger partial charge in [0.1, 0.15) is 0 Å². The number of para-hydroxylation sites is 1. The Balaban J connectivity index is 2.34. The molecule has 0 fully saturated rings.